The molecule has 104 valence electrons. The quantitative estimate of drug-likeness (QED) is 0.601. The van der Waals surface area contributed by atoms with Crippen LogP contribution in [0.15, 0.2) is 12.5 Å². The van der Waals surface area contributed by atoms with Crippen LogP contribution in [0.5, 0.6) is 0 Å². The third-order valence-electron chi connectivity index (χ3n) is 2.60. The van der Waals surface area contributed by atoms with Gasteiger partial charge in [-0.05, 0) is 13.0 Å². The van der Waals surface area contributed by atoms with Crippen molar-refractivity contribution in [2.45, 2.75) is 26.3 Å². The molecule has 0 saturated heterocycles. The molecule has 0 radical (unpaired) electrons. The van der Waals surface area contributed by atoms with E-state index in [1.54, 1.807) is 7.11 Å². The highest BCUT2D eigenvalue weighted by Crippen LogP contribution is 1.97. The highest BCUT2D eigenvalue weighted by molar-refractivity contribution is 4.97. The monoisotopic (exact) mass is 255 g/mol. The normalized spacial score (nSPS) is 11.0. The van der Waals surface area contributed by atoms with Gasteiger partial charge < -0.3 is 19.4 Å². The van der Waals surface area contributed by atoms with Gasteiger partial charge in [-0.25, -0.2) is 4.98 Å². The van der Waals surface area contributed by atoms with Gasteiger partial charge >= 0.3 is 0 Å². The Morgan fingerprint density at radius 2 is 2.17 bits per heavy atom. The lowest BCUT2D eigenvalue weighted by Crippen LogP contribution is -2.17. The van der Waals surface area contributed by atoms with Gasteiger partial charge in [-0.3, -0.25) is 0 Å². The number of imidazole rings is 1. The van der Waals surface area contributed by atoms with Crippen LogP contribution in [-0.4, -0.2) is 49.6 Å². The van der Waals surface area contributed by atoms with Crippen LogP contribution < -0.4 is 5.32 Å². The first kappa shape index (κ1) is 15.1. The van der Waals surface area contributed by atoms with Crippen molar-refractivity contribution in [3.05, 3.63) is 18.2 Å². The Labute approximate surface area is 109 Å². The maximum atomic E-state index is 5.41. The summed E-state index contributed by atoms with van der Waals surface area (Å²) in [6, 6.07) is 0. The SMILES string of the molecule is CCCNCCc1cn(CCOCCOC)cn1. The van der Waals surface area contributed by atoms with Gasteiger partial charge in [-0.1, -0.05) is 6.92 Å². The second-order valence-corrected chi connectivity index (χ2v) is 4.21. The van der Waals surface area contributed by atoms with Crippen LogP contribution >= 0.6 is 0 Å². The summed E-state index contributed by atoms with van der Waals surface area (Å²) < 4.78 is 12.4. The number of ether oxygens (including phenoxy) is 2. The van der Waals surface area contributed by atoms with Crippen LogP contribution in [0, 0.1) is 0 Å². The van der Waals surface area contributed by atoms with Gasteiger partial charge in [0.05, 0.1) is 31.8 Å². The second-order valence-electron chi connectivity index (χ2n) is 4.21. The third-order valence-corrected chi connectivity index (χ3v) is 2.60. The number of aromatic nitrogens is 2. The minimum Gasteiger partial charge on any atom is -0.382 e. The van der Waals surface area contributed by atoms with E-state index in [1.807, 2.05) is 6.33 Å². The lowest BCUT2D eigenvalue weighted by Gasteiger charge is -2.04. The molecule has 0 aromatic carbocycles. The zero-order valence-electron chi connectivity index (χ0n) is 11.5. The molecule has 5 heteroatoms. The number of nitrogens with one attached hydrogen (secondary N) is 1. The van der Waals surface area contributed by atoms with Crippen LogP contribution in [0.25, 0.3) is 0 Å². The molecule has 0 aliphatic rings. The number of methoxy groups -OCH3 is 1. The van der Waals surface area contributed by atoms with E-state index in [0.29, 0.717) is 19.8 Å². The first-order valence-corrected chi connectivity index (χ1v) is 6.65. The maximum absolute atomic E-state index is 5.41. The van der Waals surface area contributed by atoms with Crippen molar-refractivity contribution in [2.24, 2.45) is 0 Å². The molecule has 0 saturated carbocycles. The third kappa shape index (κ3) is 6.74. The minimum atomic E-state index is 0.651. The van der Waals surface area contributed by atoms with Crippen LogP contribution in [0.3, 0.4) is 0 Å². The molecule has 0 fully saturated rings. The molecular formula is C13H25N3O2. The van der Waals surface area contributed by atoms with Gasteiger partial charge in [0, 0.05) is 32.8 Å². The van der Waals surface area contributed by atoms with Crippen molar-refractivity contribution in [3.63, 3.8) is 0 Å². The molecule has 1 N–H and O–H groups in total. The van der Waals surface area contributed by atoms with Crippen LogP contribution in [-0.2, 0) is 22.4 Å². The van der Waals surface area contributed by atoms with E-state index in [-0.39, 0.29) is 0 Å². The fraction of sp³-hybridized carbons (Fsp3) is 0.769. The molecule has 0 amide bonds. The van der Waals surface area contributed by atoms with E-state index >= 15 is 0 Å². The Morgan fingerprint density at radius 1 is 1.28 bits per heavy atom. The van der Waals surface area contributed by atoms with E-state index in [9.17, 15) is 0 Å². The van der Waals surface area contributed by atoms with Gasteiger partial charge in [0.25, 0.3) is 0 Å². The van der Waals surface area contributed by atoms with Crippen molar-refractivity contribution in [2.75, 3.05) is 40.0 Å². The molecule has 0 aliphatic heterocycles. The molecule has 5 nitrogen and oxygen atoms in total. The molecule has 18 heavy (non-hydrogen) atoms. The standard InChI is InChI=1S/C13H25N3O2/c1-3-5-14-6-4-13-11-16(12-15-13)7-8-18-10-9-17-2/h11-12,14H,3-10H2,1-2H3. The predicted octanol–water partition coefficient (Wildman–Crippen LogP) is 1.09. The average Bonchev–Trinajstić information content (AvgIpc) is 2.82. The van der Waals surface area contributed by atoms with Crippen molar-refractivity contribution >= 4 is 0 Å². The van der Waals surface area contributed by atoms with E-state index in [1.165, 1.54) is 6.42 Å². The van der Waals surface area contributed by atoms with Crippen molar-refractivity contribution < 1.29 is 9.47 Å². The summed E-state index contributed by atoms with van der Waals surface area (Å²) in [5.41, 5.74) is 1.13. The summed E-state index contributed by atoms with van der Waals surface area (Å²) in [5, 5.41) is 3.37. The number of hydrogen-bond donors (Lipinski definition) is 1. The van der Waals surface area contributed by atoms with E-state index in [0.717, 1.165) is 31.7 Å². The summed E-state index contributed by atoms with van der Waals surface area (Å²) >= 11 is 0. The zero-order chi connectivity index (χ0) is 13.1. The molecule has 1 aromatic rings. The Hall–Kier alpha value is -0.910. The van der Waals surface area contributed by atoms with Crippen molar-refractivity contribution in [1.82, 2.24) is 14.9 Å². The first-order valence-electron chi connectivity index (χ1n) is 6.65. The molecule has 1 rings (SSSR count). The van der Waals surface area contributed by atoms with Gasteiger partial charge in [0.1, 0.15) is 0 Å². The van der Waals surface area contributed by atoms with Gasteiger partial charge in [-0.2, -0.15) is 0 Å². The molecule has 0 bridgehead atoms. The molecule has 0 aliphatic carbocycles. The average molecular weight is 255 g/mol. The number of nitrogens with zero attached hydrogens (tertiary/aromatic N) is 2. The highest BCUT2D eigenvalue weighted by atomic mass is 16.5. The number of hydrogen-bond acceptors (Lipinski definition) is 4. The largest absolute Gasteiger partial charge is 0.382 e. The Balaban J connectivity index is 2.10. The predicted molar refractivity (Wildman–Crippen MR) is 71.8 cm³/mol. The highest BCUT2D eigenvalue weighted by Gasteiger charge is 1.98. The topological polar surface area (TPSA) is 48.3 Å². The van der Waals surface area contributed by atoms with E-state index in [4.69, 9.17) is 9.47 Å². The van der Waals surface area contributed by atoms with Gasteiger partial charge in [-0.15, -0.1) is 0 Å². The fourth-order valence-electron chi connectivity index (χ4n) is 1.59. The molecule has 0 unspecified atom stereocenters. The van der Waals surface area contributed by atoms with Crippen LogP contribution in [0.1, 0.15) is 19.0 Å². The number of rotatable bonds is 11. The second kappa shape index (κ2) is 10.1. The first-order chi connectivity index (χ1) is 8.86. The molecule has 0 atom stereocenters. The summed E-state index contributed by atoms with van der Waals surface area (Å²) in [7, 11) is 1.68. The lowest BCUT2D eigenvalue weighted by molar-refractivity contribution is 0.0666. The Morgan fingerprint density at radius 3 is 2.94 bits per heavy atom. The van der Waals surface area contributed by atoms with E-state index < -0.39 is 0 Å². The fourth-order valence-corrected chi connectivity index (χ4v) is 1.59. The minimum absolute atomic E-state index is 0.651. The smallest absolute Gasteiger partial charge is 0.0950 e. The van der Waals surface area contributed by atoms with Gasteiger partial charge in [0.2, 0.25) is 0 Å². The van der Waals surface area contributed by atoms with Crippen LogP contribution in [0.4, 0.5) is 0 Å². The lowest BCUT2D eigenvalue weighted by atomic mass is 10.3. The molecule has 1 heterocycles. The summed E-state index contributed by atoms with van der Waals surface area (Å²) in [4.78, 5) is 4.37. The Kier molecular flexibility index (Phi) is 8.46. The summed E-state index contributed by atoms with van der Waals surface area (Å²) in [5.74, 6) is 0. The van der Waals surface area contributed by atoms with Crippen LogP contribution in [0.2, 0.25) is 0 Å². The van der Waals surface area contributed by atoms with E-state index in [2.05, 4.69) is 28.0 Å². The van der Waals surface area contributed by atoms with Crippen molar-refractivity contribution in [3.8, 4) is 0 Å². The Bertz CT molecular complexity index is 302. The summed E-state index contributed by atoms with van der Waals surface area (Å²) in [6.07, 6.45) is 6.12. The van der Waals surface area contributed by atoms with Crippen molar-refractivity contribution in [1.29, 1.82) is 0 Å². The molecular weight excluding hydrogens is 230 g/mol. The van der Waals surface area contributed by atoms with Gasteiger partial charge in [0.15, 0.2) is 0 Å². The zero-order valence-corrected chi connectivity index (χ0v) is 11.5. The maximum Gasteiger partial charge on any atom is 0.0950 e. The summed E-state index contributed by atoms with van der Waals surface area (Å²) in [6.45, 7) is 7.10. The molecule has 0 spiro atoms. The molecule has 1 aromatic heterocycles.